The third-order valence-corrected chi connectivity index (χ3v) is 2.46. The highest BCUT2D eigenvalue weighted by Gasteiger charge is 1.99. The lowest BCUT2D eigenvalue weighted by Gasteiger charge is -1.97. The zero-order chi connectivity index (χ0) is 17.7. The summed E-state index contributed by atoms with van der Waals surface area (Å²) in [5.41, 5.74) is 1.68. The lowest BCUT2D eigenvalue weighted by molar-refractivity contribution is -0.137. The maximum absolute atomic E-state index is 10.5. The summed E-state index contributed by atoms with van der Waals surface area (Å²) in [6.07, 6.45) is 5.57. The minimum atomic E-state index is -0.942. The Morgan fingerprint density at radius 1 is 1.22 bits per heavy atom. The third kappa shape index (κ3) is 10.5. The van der Waals surface area contributed by atoms with Crippen molar-refractivity contribution in [3.05, 3.63) is 78.9 Å². The largest absolute Gasteiger partial charge is 0.478 e. The van der Waals surface area contributed by atoms with Crippen molar-refractivity contribution in [1.29, 1.82) is 0 Å². The van der Waals surface area contributed by atoms with E-state index in [2.05, 4.69) is 24.5 Å². The van der Waals surface area contributed by atoms with E-state index in [1.54, 1.807) is 13.0 Å². The number of ether oxygens (including phenoxy) is 1. The van der Waals surface area contributed by atoms with Crippen molar-refractivity contribution in [2.75, 3.05) is 6.61 Å². The predicted molar refractivity (Wildman–Crippen MR) is 92.8 cm³/mol. The van der Waals surface area contributed by atoms with E-state index in [9.17, 15) is 9.59 Å². The van der Waals surface area contributed by atoms with E-state index >= 15 is 0 Å². The van der Waals surface area contributed by atoms with Gasteiger partial charge in [0.1, 0.15) is 6.61 Å². The van der Waals surface area contributed by atoms with Crippen LogP contribution in [-0.2, 0) is 14.3 Å². The maximum Gasteiger partial charge on any atom is 0.333 e. The lowest BCUT2D eigenvalue weighted by atomic mass is 10.1. The number of carbonyl (C=O) groups is 2. The molecule has 0 unspecified atom stereocenters. The Morgan fingerprint density at radius 2 is 1.83 bits per heavy atom. The first-order valence-corrected chi connectivity index (χ1v) is 6.94. The summed E-state index contributed by atoms with van der Waals surface area (Å²) in [7, 11) is 0. The van der Waals surface area contributed by atoms with Crippen molar-refractivity contribution in [2.45, 2.75) is 13.3 Å². The van der Waals surface area contributed by atoms with Crippen LogP contribution in [0.5, 0.6) is 0 Å². The van der Waals surface area contributed by atoms with Gasteiger partial charge in [-0.25, -0.2) is 9.59 Å². The molecule has 0 spiro atoms. The monoisotopic (exact) mass is 314 g/mol. The standard InChI is InChI=1S/C12H12O2.C7H10O2/c1-10(12(13)14)6-5-9-11-7-3-2-4-8-11;1-4-5-9-7(8)6(2)3/h2-5,7-9H,1,6H2,(H,13,14);4H,1-2,5H2,3H3. The summed E-state index contributed by atoms with van der Waals surface area (Å²) in [6.45, 7) is 12.1. The molecule has 23 heavy (non-hydrogen) atoms. The Kier molecular flexibility index (Phi) is 10.3. The van der Waals surface area contributed by atoms with Crippen molar-refractivity contribution in [1.82, 2.24) is 0 Å². The van der Waals surface area contributed by atoms with Gasteiger partial charge in [-0.2, -0.15) is 0 Å². The predicted octanol–water partition coefficient (Wildman–Crippen LogP) is 4.02. The van der Waals surface area contributed by atoms with E-state index in [-0.39, 0.29) is 18.1 Å². The van der Waals surface area contributed by atoms with Crippen LogP contribution in [0, 0.1) is 0 Å². The number of allylic oxidation sites excluding steroid dienone is 1. The van der Waals surface area contributed by atoms with Crippen molar-refractivity contribution in [3.63, 3.8) is 0 Å². The highest BCUT2D eigenvalue weighted by atomic mass is 16.5. The SMILES string of the molecule is C=C(CC=Cc1ccccc1)C(=O)O.C=CCOC(=O)C(=C)C. The van der Waals surface area contributed by atoms with Crippen LogP contribution in [0.15, 0.2) is 73.4 Å². The molecule has 1 aromatic rings. The summed E-state index contributed by atoms with van der Waals surface area (Å²) in [4.78, 5) is 20.9. The molecule has 0 aliphatic rings. The van der Waals surface area contributed by atoms with Gasteiger partial charge >= 0.3 is 11.9 Å². The molecule has 1 aromatic carbocycles. The molecular weight excluding hydrogens is 292 g/mol. The average Bonchev–Trinajstić information content (AvgIpc) is 2.53. The number of aliphatic carboxylic acids is 1. The van der Waals surface area contributed by atoms with Gasteiger partial charge in [-0.3, -0.25) is 0 Å². The fourth-order valence-corrected chi connectivity index (χ4v) is 1.25. The van der Waals surface area contributed by atoms with Gasteiger partial charge in [0.05, 0.1) is 0 Å². The summed E-state index contributed by atoms with van der Waals surface area (Å²) >= 11 is 0. The first-order valence-electron chi connectivity index (χ1n) is 6.94. The van der Waals surface area contributed by atoms with Crippen LogP contribution in [0.1, 0.15) is 18.9 Å². The molecule has 0 saturated heterocycles. The van der Waals surface area contributed by atoms with Gasteiger partial charge in [0.15, 0.2) is 0 Å². The van der Waals surface area contributed by atoms with Crippen molar-refractivity contribution < 1.29 is 19.4 Å². The van der Waals surface area contributed by atoms with E-state index in [1.807, 2.05) is 36.4 Å². The van der Waals surface area contributed by atoms with Crippen LogP contribution < -0.4 is 0 Å². The second kappa shape index (κ2) is 11.7. The number of carbonyl (C=O) groups excluding carboxylic acids is 1. The van der Waals surface area contributed by atoms with Crippen LogP contribution in [0.3, 0.4) is 0 Å². The number of rotatable bonds is 7. The quantitative estimate of drug-likeness (QED) is 0.469. The summed E-state index contributed by atoms with van der Waals surface area (Å²) < 4.78 is 4.60. The summed E-state index contributed by atoms with van der Waals surface area (Å²) in [5.74, 6) is -1.31. The van der Waals surface area contributed by atoms with Crippen LogP contribution in [0.2, 0.25) is 0 Å². The van der Waals surface area contributed by atoms with E-state index in [0.29, 0.717) is 12.0 Å². The van der Waals surface area contributed by atoms with E-state index in [0.717, 1.165) is 5.56 Å². The average molecular weight is 314 g/mol. The van der Waals surface area contributed by atoms with Gasteiger partial charge in [0, 0.05) is 11.1 Å². The second-order valence-electron chi connectivity index (χ2n) is 4.59. The number of hydrogen-bond acceptors (Lipinski definition) is 3. The number of carboxylic acids is 1. The summed E-state index contributed by atoms with van der Waals surface area (Å²) in [5, 5.41) is 8.55. The maximum atomic E-state index is 10.5. The zero-order valence-electron chi connectivity index (χ0n) is 13.3. The summed E-state index contributed by atoms with van der Waals surface area (Å²) in [6, 6.07) is 9.73. The molecule has 0 atom stereocenters. The Bertz CT molecular complexity index is 583. The van der Waals surface area contributed by atoms with Gasteiger partial charge < -0.3 is 9.84 Å². The molecule has 4 nitrogen and oxygen atoms in total. The first kappa shape index (κ1) is 20.1. The Hall–Kier alpha value is -2.88. The molecule has 0 aromatic heterocycles. The molecule has 1 N–H and O–H groups in total. The minimum Gasteiger partial charge on any atom is -0.478 e. The molecule has 0 saturated carbocycles. The number of benzene rings is 1. The molecule has 0 amide bonds. The van der Waals surface area contributed by atoms with Gasteiger partial charge in [0.2, 0.25) is 0 Å². The molecule has 0 aliphatic heterocycles. The van der Waals surface area contributed by atoms with Crippen molar-refractivity contribution in [3.8, 4) is 0 Å². The molecule has 4 heteroatoms. The highest BCUT2D eigenvalue weighted by Crippen LogP contribution is 2.05. The highest BCUT2D eigenvalue weighted by molar-refractivity contribution is 5.87. The lowest BCUT2D eigenvalue weighted by Crippen LogP contribution is -2.03. The molecule has 0 heterocycles. The molecule has 0 aliphatic carbocycles. The van der Waals surface area contributed by atoms with Crippen LogP contribution in [0.25, 0.3) is 6.08 Å². The molecule has 1 rings (SSSR count). The van der Waals surface area contributed by atoms with Gasteiger partial charge in [-0.05, 0) is 18.9 Å². The second-order valence-corrected chi connectivity index (χ2v) is 4.59. The fourth-order valence-electron chi connectivity index (χ4n) is 1.25. The Balaban J connectivity index is 0.000000468. The van der Waals surface area contributed by atoms with Crippen LogP contribution in [-0.4, -0.2) is 23.7 Å². The number of esters is 1. The zero-order valence-corrected chi connectivity index (χ0v) is 13.3. The first-order chi connectivity index (χ1) is 10.9. The van der Waals surface area contributed by atoms with Gasteiger partial charge in [-0.15, -0.1) is 0 Å². The van der Waals surface area contributed by atoms with Gasteiger partial charge in [0.25, 0.3) is 0 Å². The van der Waals surface area contributed by atoms with Crippen molar-refractivity contribution in [2.24, 2.45) is 0 Å². The molecule has 0 bridgehead atoms. The Morgan fingerprint density at radius 3 is 2.30 bits per heavy atom. The van der Waals surface area contributed by atoms with E-state index < -0.39 is 5.97 Å². The molecule has 122 valence electrons. The van der Waals surface area contributed by atoms with Crippen LogP contribution in [0.4, 0.5) is 0 Å². The van der Waals surface area contributed by atoms with E-state index in [1.165, 1.54) is 6.08 Å². The topological polar surface area (TPSA) is 63.6 Å². The minimum absolute atomic E-state index is 0.206. The normalized spacial score (nSPS) is 9.43. The molecule has 0 radical (unpaired) electrons. The number of hydrogen-bond donors (Lipinski definition) is 1. The van der Waals surface area contributed by atoms with Crippen LogP contribution >= 0.6 is 0 Å². The smallest absolute Gasteiger partial charge is 0.333 e. The van der Waals surface area contributed by atoms with E-state index in [4.69, 9.17) is 5.11 Å². The molecule has 0 fully saturated rings. The fraction of sp³-hybridized carbons (Fsp3) is 0.158. The van der Waals surface area contributed by atoms with Crippen molar-refractivity contribution >= 4 is 18.0 Å². The third-order valence-electron chi connectivity index (χ3n) is 2.46. The number of carboxylic acid groups (broad SMARTS) is 1. The Labute approximate surface area is 137 Å². The van der Waals surface area contributed by atoms with Gasteiger partial charge in [-0.1, -0.05) is 68.3 Å². The molecular formula is C19H22O4.